The van der Waals surface area contributed by atoms with Gasteiger partial charge in [0.2, 0.25) is 0 Å². The van der Waals surface area contributed by atoms with Crippen LogP contribution in [0.3, 0.4) is 0 Å². The van der Waals surface area contributed by atoms with Crippen LogP contribution in [0.15, 0.2) is 24.3 Å². The molecule has 2 atom stereocenters. The summed E-state index contributed by atoms with van der Waals surface area (Å²) >= 11 is 0. The molecule has 0 aromatic carbocycles. The molecular weight excluding hydrogens is 132 g/mol. The van der Waals surface area contributed by atoms with Crippen molar-refractivity contribution in [3.8, 4) is 0 Å². The van der Waals surface area contributed by atoms with E-state index in [4.69, 9.17) is 0 Å². The van der Waals surface area contributed by atoms with Gasteiger partial charge < -0.3 is 0 Å². The van der Waals surface area contributed by atoms with Crippen molar-refractivity contribution in [1.29, 1.82) is 0 Å². The zero-order chi connectivity index (χ0) is 8.10. The van der Waals surface area contributed by atoms with Crippen molar-refractivity contribution >= 4 is 0 Å². The summed E-state index contributed by atoms with van der Waals surface area (Å²) in [5, 5.41) is 0. The van der Waals surface area contributed by atoms with Crippen LogP contribution in [0.1, 0.15) is 33.1 Å². The van der Waals surface area contributed by atoms with Crippen LogP contribution < -0.4 is 0 Å². The fourth-order valence-electron chi connectivity index (χ4n) is 1.95. The lowest BCUT2D eigenvalue weighted by Gasteiger charge is -2.01. The minimum absolute atomic E-state index is 0.862. The van der Waals surface area contributed by atoms with Crippen LogP contribution in [0.2, 0.25) is 0 Å². The van der Waals surface area contributed by atoms with Crippen molar-refractivity contribution in [1.82, 2.24) is 0 Å². The lowest BCUT2D eigenvalue weighted by molar-refractivity contribution is 0.638. The molecule has 0 saturated heterocycles. The van der Waals surface area contributed by atoms with Gasteiger partial charge >= 0.3 is 0 Å². The first-order valence-corrected chi connectivity index (χ1v) is 4.62. The van der Waals surface area contributed by atoms with E-state index >= 15 is 0 Å². The topological polar surface area (TPSA) is 0 Å². The third-order valence-corrected chi connectivity index (χ3v) is 2.44. The summed E-state index contributed by atoms with van der Waals surface area (Å²) in [5.74, 6) is 1.72. The Morgan fingerprint density at radius 3 is 1.73 bits per heavy atom. The molecule has 2 unspecified atom stereocenters. The third-order valence-electron chi connectivity index (χ3n) is 2.44. The number of rotatable bonds is 2. The number of hydrogen-bond acceptors (Lipinski definition) is 0. The second kappa shape index (κ2) is 4.38. The van der Waals surface area contributed by atoms with E-state index in [1.54, 1.807) is 0 Å². The Morgan fingerprint density at radius 2 is 1.36 bits per heavy atom. The second-order valence-corrected chi connectivity index (χ2v) is 3.38. The molecule has 0 aromatic heterocycles. The molecule has 11 heavy (non-hydrogen) atoms. The maximum Gasteiger partial charge on any atom is -0.0228 e. The summed E-state index contributed by atoms with van der Waals surface area (Å²) in [4.78, 5) is 0. The lowest BCUT2D eigenvalue weighted by atomic mass is 10.0. The standard InChI is InChI=1S/C11H18/c1-3-5-10-7-8-11(9-10)6-4-2/h3-6,10-11H,7-9H2,1-2H3. The average molecular weight is 150 g/mol. The molecule has 0 radical (unpaired) electrons. The predicted octanol–water partition coefficient (Wildman–Crippen LogP) is 3.55. The molecule has 0 spiro atoms. The molecule has 0 nitrogen and oxygen atoms in total. The van der Waals surface area contributed by atoms with Crippen LogP contribution >= 0.6 is 0 Å². The van der Waals surface area contributed by atoms with Crippen molar-refractivity contribution in [3.63, 3.8) is 0 Å². The molecule has 0 heteroatoms. The molecule has 1 aliphatic carbocycles. The number of allylic oxidation sites excluding steroid dienone is 4. The lowest BCUT2D eigenvalue weighted by Crippen LogP contribution is -1.89. The van der Waals surface area contributed by atoms with E-state index in [0.29, 0.717) is 0 Å². The molecule has 0 heterocycles. The summed E-state index contributed by atoms with van der Waals surface area (Å²) in [7, 11) is 0. The molecule has 0 N–H and O–H groups in total. The molecule has 0 aromatic rings. The zero-order valence-corrected chi connectivity index (χ0v) is 7.59. The molecule has 62 valence electrons. The van der Waals surface area contributed by atoms with Crippen molar-refractivity contribution in [2.45, 2.75) is 33.1 Å². The second-order valence-electron chi connectivity index (χ2n) is 3.38. The fraction of sp³-hybridized carbons (Fsp3) is 0.636. The van der Waals surface area contributed by atoms with E-state index in [1.165, 1.54) is 19.3 Å². The fourth-order valence-corrected chi connectivity index (χ4v) is 1.95. The van der Waals surface area contributed by atoms with Gasteiger partial charge in [0.1, 0.15) is 0 Å². The van der Waals surface area contributed by atoms with Gasteiger partial charge in [0, 0.05) is 0 Å². The summed E-state index contributed by atoms with van der Waals surface area (Å²) in [5.41, 5.74) is 0. The van der Waals surface area contributed by atoms with Gasteiger partial charge in [-0.25, -0.2) is 0 Å². The van der Waals surface area contributed by atoms with Crippen molar-refractivity contribution in [2.75, 3.05) is 0 Å². The maximum absolute atomic E-state index is 2.35. The summed E-state index contributed by atoms with van der Waals surface area (Å²) in [6, 6.07) is 0. The third kappa shape index (κ3) is 2.53. The predicted molar refractivity (Wildman–Crippen MR) is 50.5 cm³/mol. The largest absolute Gasteiger partial charge is 0.0914 e. The van der Waals surface area contributed by atoms with Crippen LogP contribution in [0.25, 0.3) is 0 Å². The number of hydrogen-bond donors (Lipinski definition) is 0. The highest BCUT2D eigenvalue weighted by Gasteiger charge is 2.19. The Hall–Kier alpha value is -0.520. The van der Waals surface area contributed by atoms with E-state index < -0.39 is 0 Å². The molecule has 0 amide bonds. The Morgan fingerprint density at radius 1 is 0.909 bits per heavy atom. The van der Waals surface area contributed by atoms with Gasteiger partial charge in [0.15, 0.2) is 0 Å². The smallest absolute Gasteiger partial charge is 0.0228 e. The van der Waals surface area contributed by atoms with Gasteiger partial charge in [-0.3, -0.25) is 0 Å². The van der Waals surface area contributed by atoms with E-state index in [9.17, 15) is 0 Å². The van der Waals surface area contributed by atoms with Gasteiger partial charge in [-0.1, -0.05) is 24.3 Å². The zero-order valence-electron chi connectivity index (χ0n) is 7.59. The van der Waals surface area contributed by atoms with E-state index in [-0.39, 0.29) is 0 Å². The monoisotopic (exact) mass is 150 g/mol. The molecular formula is C11H18. The van der Waals surface area contributed by atoms with Gasteiger partial charge in [0.25, 0.3) is 0 Å². The first-order chi connectivity index (χ1) is 5.36. The van der Waals surface area contributed by atoms with Crippen LogP contribution in [0.5, 0.6) is 0 Å². The minimum Gasteiger partial charge on any atom is -0.0914 e. The molecule has 1 fully saturated rings. The van der Waals surface area contributed by atoms with Crippen molar-refractivity contribution < 1.29 is 0 Å². The molecule has 0 aliphatic heterocycles. The first kappa shape index (κ1) is 8.58. The van der Waals surface area contributed by atoms with E-state index in [1.807, 2.05) is 0 Å². The van der Waals surface area contributed by atoms with Crippen LogP contribution in [-0.4, -0.2) is 0 Å². The van der Waals surface area contributed by atoms with E-state index in [2.05, 4.69) is 38.2 Å². The molecule has 1 rings (SSSR count). The highest BCUT2D eigenvalue weighted by molar-refractivity contribution is 4.97. The summed E-state index contributed by atoms with van der Waals surface area (Å²) in [6.45, 7) is 4.23. The first-order valence-electron chi connectivity index (χ1n) is 4.62. The summed E-state index contributed by atoms with van der Waals surface area (Å²) < 4.78 is 0. The molecule has 0 bridgehead atoms. The van der Waals surface area contributed by atoms with Gasteiger partial charge in [0.05, 0.1) is 0 Å². The Kier molecular flexibility index (Phi) is 3.41. The molecule has 1 aliphatic rings. The Balaban J connectivity index is 2.34. The normalized spacial score (nSPS) is 32.5. The molecule has 1 saturated carbocycles. The summed E-state index contributed by atoms with van der Waals surface area (Å²) in [6.07, 6.45) is 13.2. The highest BCUT2D eigenvalue weighted by atomic mass is 14.2. The van der Waals surface area contributed by atoms with Crippen LogP contribution in [-0.2, 0) is 0 Å². The average Bonchev–Trinajstić information content (AvgIpc) is 2.38. The Bertz CT molecular complexity index is 135. The van der Waals surface area contributed by atoms with E-state index in [0.717, 1.165) is 11.8 Å². The van der Waals surface area contributed by atoms with Crippen LogP contribution in [0.4, 0.5) is 0 Å². The van der Waals surface area contributed by atoms with Gasteiger partial charge in [-0.15, -0.1) is 0 Å². The van der Waals surface area contributed by atoms with Crippen LogP contribution in [0, 0.1) is 11.8 Å². The quantitative estimate of drug-likeness (QED) is 0.528. The maximum atomic E-state index is 2.35. The highest BCUT2D eigenvalue weighted by Crippen LogP contribution is 2.32. The van der Waals surface area contributed by atoms with Crippen molar-refractivity contribution in [2.24, 2.45) is 11.8 Å². The SMILES string of the molecule is CC=CC1CCC(C=CC)C1. The van der Waals surface area contributed by atoms with Crippen molar-refractivity contribution in [3.05, 3.63) is 24.3 Å². The van der Waals surface area contributed by atoms with Gasteiger partial charge in [-0.2, -0.15) is 0 Å². The Labute approximate surface area is 70.0 Å². The van der Waals surface area contributed by atoms with Gasteiger partial charge in [-0.05, 0) is 44.9 Å². The minimum atomic E-state index is 0.862.